The van der Waals surface area contributed by atoms with E-state index in [4.69, 9.17) is 0 Å². The maximum Gasteiger partial charge on any atom is 0.00963 e. The van der Waals surface area contributed by atoms with Gasteiger partial charge >= 0.3 is 0 Å². The average Bonchev–Trinajstić information content (AvgIpc) is 2.87. The summed E-state index contributed by atoms with van der Waals surface area (Å²) in [5.74, 6) is 0.994. The second kappa shape index (κ2) is 3.37. The smallest absolute Gasteiger partial charge is 0.00963 e. The SMILES string of the molecule is CC1CCC(N(C)C2CC2)CC1. The Balaban J connectivity index is 1.80. The third-order valence-corrected chi connectivity index (χ3v) is 3.68. The molecule has 0 aromatic carbocycles. The molecule has 70 valence electrons. The summed E-state index contributed by atoms with van der Waals surface area (Å²) < 4.78 is 0. The van der Waals surface area contributed by atoms with E-state index in [1.807, 2.05) is 0 Å². The molecule has 2 aliphatic rings. The van der Waals surface area contributed by atoms with Crippen molar-refractivity contribution < 1.29 is 0 Å². The molecule has 0 atom stereocenters. The van der Waals surface area contributed by atoms with E-state index in [1.54, 1.807) is 0 Å². The van der Waals surface area contributed by atoms with Gasteiger partial charge in [-0.3, -0.25) is 0 Å². The molecule has 0 spiro atoms. The number of nitrogens with zero attached hydrogens (tertiary/aromatic N) is 1. The highest BCUT2D eigenvalue weighted by Crippen LogP contribution is 2.33. The van der Waals surface area contributed by atoms with Crippen LogP contribution in [0, 0.1) is 5.92 Å². The first-order chi connectivity index (χ1) is 5.77. The van der Waals surface area contributed by atoms with Crippen LogP contribution >= 0.6 is 0 Å². The Morgan fingerprint density at radius 2 is 1.25 bits per heavy atom. The molecular weight excluding hydrogens is 146 g/mol. The largest absolute Gasteiger partial charge is 0.300 e. The Hall–Kier alpha value is -0.0400. The fourth-order valence-electron chi connectivity index (χ4n) is 2.43. The van der Waals surface area contributed by atoms with Gasteiger partial charge < -0.3 is 4.90 Å². The molecule has 2 saturated carbocycles. The van der Waals surface area contributed by atoms with Crippen LogP contribution < -0.4 is 0 Å². The number of hydrogen-bond acceptors (Lipinski definition) is 1. The molecule has 0 saturated heterocycles. The lowest BCUT2D eigenvalue weighted by Crippen LogP contribution is -2.36. The third-order valence-electron chi connectivity index (χ3n) is 3.68. The predicted octanol–water partition coefficient (Wildman–Crippen LogP) is 2.66. The van der Waals surface area contributed by atoms with Crippen molar-refractivity contribution in [3.8, 4) is 0 Å². The second-order valence-electron chi connectivity index (χ2n) is 4.81. The first kappa shape index (κ1) is 8.55. The molecule has 12 heavy (non-hydrogen) atoms. The lowest BCUT2D eigenvalue weighted by Gasteiger charge is -2.33. The van der Waals surface area contributed by atoms with Gasteiger partial charge in [-0.1, -0.05) is 6.92 Å². The van der Waals surface area contributed by atoms with Crippen molar-refractivity contribution in [2.75, 3.05) is 7.05 Å². The van der Waals surface area contributed by atoms with E-state index in [0.717, 1.165) is 18.0 Å². The van der Waals surface area contributed by atoms with Crippen LogP contribution in [0.1, 0.15) is 45.4 Å². The molecule has 0 amide bonds. The lowest BCUT2D eigenvalue weighted by molar-refractivity contribution is 0.163. The Labute approximate surface area is 76.1 Å². The van der Waals surface area contributed by atoms with Gasteiger partial charge in [-0.2, -0.15) is 0 Å². The highest BCUT2D eigenvalue weighted by atomic mass is 15.2. The van der Waals surface area contributed by atoms with Gasteiger partial charge in [-0.15, -0.1) is 0 Å². The van der Waals surface area contributed by atoms with Gasteiger partial charge in [0.05, 0.1) is 0 Å². The molecule has 2 aliphatic carbocycles. The molecule has 2 fully saturated rings. The zero-order valence-electron chi connectivity index (χ0n) is 8.42. The van der Waals surface area contributed by atoms with E-state index in [1.165, 1.54) is 38.5 Å². The van der Waals surface area contributed by atoms with E-state index in [0.29, 0.717) is 0 Å². The number of rotatable bonds is 2. The standard InChI is InChI=1S/C11H21N/c1-9-3-5-10(6-4-9)12(2)11-7-8-11/h9-11H,3-8H2,1-2H3. The van der Waals surface area contributed by atoms with Crippen molar-refractivity contribution in [1.29, 1.82) is 0 Å². The fourth-order valence-corrected chi connectivity index (χ4v) is 2.43. The van der Waals surface area contributed by atoms with Crippen LogP contribution in [-0.4, -0.2) is 24.0 Å². The summed E-state index contributed by atoms with van der Waals surface area (Å²) in [5, 5.41) is 0. The molecule has 1 heteroatoms. The van der Waals surface area contributed by atoms with Gasteiger partial charge in [0, 0.05) is 12.1 Å². The zero-order valence-corrected chi connectivity index (χ0v) is 8.42. The van der Waals surface area contributed by atoms with Crippen molar-refractivity contribution in [3.05, 3.63) is 0 Å². The molecule has 0 aliphatic heterocycles. The molecule has 1 nitrogen and oxygen atoms in total. The Kier molecular flexibility index (Phi) is 2.40. The highest BCUT2D eigenvalue weighted by Gasteiger charge is 2.32. The van der Waals surface area contributed by atoms with E-state index in [2.05, 4.69) is 18.9 Å². The molecular formula is C11H21N. The quantitative estimate of drug-likeness (QED) is 0.611. The molecule has 0 aromatic rings. The summed E-state index contributed by atoms with van der Waals surface area (Å²) in [6.45, 7) is 2.40. The molecule has 0 heterocycles. The van der Waals surface area contributed by atoms with Gasteiger partial charge in [0.25, 0.3) is 0 Å². The summed E-state index contributed by atoms with van der Waals surface area (Å²) in [6, 6.07) is 1.89. The second-order valence-corrected chi connectivity index (χ2v) is 4.81. The van der Waals surface area contributed by atoms with Gasteiger partial charge in [-0.25, -0.2) is 0 Å². The van der Waals surface area contributed by atoms with E-state index >= 15 is 0 Å². The van der Waals surface area contributed by atoms with Crippen molar-refractivity contribution in [3.63, 3.8) is 0 Å². The predicted molar refractivity (Wildman–Crippen MR) is 52.2 cm³/mol. The summed E-state index contributed by atoms with van der Waals surface area (Å²) >= 11 is 0. The highest BCUT2D eigenvalue weighted by molar-refractivity contribution is 4.88. The maximum absolute atomic E-state index is 2.64. The van der Waals surface area contributed by atoms with Gasteiger partial charge in [0.1, 0.15) is 0 Å². The van der Waals surface area contributed by atoms with Crippen molar-refractivity contribution in [1.82, 2.24) is 4.90 Å². The van der Waals surface area contributed by atoms with E-state index in [9.17, 15) is 0 Å². The number of hydrogen-bond donors (Lipinski definition) is 0. The minimum absolute atomic E-state index is 0.925. The molecule has 0 unspecified atom stereocenters. The minimum atomic E-state index is 0.925. The molecule has 0 N–H and O–H groups in total. The molecule has 0 bridgehead atoms. The Morgan fingerprint density at radius 1 is 0.833 bits per heavy atom. The molecule has 0 aromatic heterocycles. The Bertz CT molecular complexity index is 143. The first-order valence-electron chi connectivity index (χ1n) is 5.49. The summed E-state index contributed by atoms with van der Waals surface area (Å²) in [5.41, 5.74) is 0. The Morgan fingerprint density at radius 3 is 1.67 bits per heavy atom. The van der Waals surface area contributed by atoms with Gasteiger partial charge in [0.2, 0.25) is 0 Å². The van der Waals surface area contributed by atoms with Crippen molar-refractivity contribution in [2.45, 2.75) is 57.5 Å². The zero-order chi connectivity index (χ0) is 8.55. The van der Waals surface area contributed by atoms with Crippen molar-refractivity contribution >= 4 is 0 Å². The normalized spacial score (nSPS) is 37.2. The topological polar surface area (TPSA) is 3.24 Å². The van der Waals surface area contributed by atoms with Crippen LogP contribution in [-0.2, 0) is 0 Å². The molecule has 2 rings (SSSR count). The van der Waals surface area contributed by atoms with Gasteiger partial charge in [0.15, 0.2) is 0 Å². The summed E-state index contributed by atoms with van der Waals surface area (Å²) in [7, 11) is 2.33. The third kappa shape index (κ3) is 1.82. The van der Waals surface area contributed by atoms with Crippen LogP contribution in [0.5, 0.6) is 0 Å². The van der Waals surface area contributed by atoms with Gasteiger partial charge in [-0.05, 0) is 51.5 Å². The first-order valence-corrected chi connectivity index (χ1v) is 5.49. The minimum Gasteiger partial charge on any atom is -0.300 e. The van der Waals surface area contributed by atoms with Crippen LogP contribution in [0.2, 0.25) is 0 Å². The monoisotopic (exact) mass is 167 g/mol. The van der Waals surface area contributed by atoms with Crippen LogP contribution in [0.4, 0.5) is 0 Å². The van der Waals surface area contributed by atoms with Crippen LogP contribution in [0.3, 0.4) is 0 Å². The van der Waals surface area contributed by atoms with E-state index < -0.39 is 0 Å². The van der Waals surface area contributed by atoms with Crippen molar-refractivity contribution in [2.24, 2.45) is 5.92 Å². The molecule has 0 radical (unpaired) electrons. The maximum atomic E-state index is 2.64. The lowest BCUT2D eigenvalue weighted by atomic mass is 9.87. The summed E-state index contributed by atoms with van der Waals surface area (Å²) in [6.07, 6.45) is 8.75. The van der Waals surface area contributed by atoms with E-state index in [-0.39, 0.29) is 0 Å². The fraction of sp³-hybridized carbons (Fsp3) is 1.00. The average molecular weight is 167 g/mol. The summed E-state index contributed by atoms with van der Waals surface area (Å²) in [4.78, 5) is 2.64. The van der Waals surface area contributed by atoms with Crippen LogP contribution in [0.15, 0.2) is 0 Å². The van der Waals surface area contributed by atoms with Crippen LogP contribution in [0.25, 0.3) is 0 Å².